The van der Waals surface area contributed by atoms with Gasteiger partial charge in [-0.1, -0.05) is 6.07 Å². The van der Waals surface area contributed by atoms with Gasteiger partial charge in [-0.2, -0.15) is 5.26 Å². The van der Waals surface area contributed by atoms with Crippen molar-refractivity contribution in [2.24, 2.45) is 5.41 Å². The average Bonchev–Trinajstić information content (AvgIpc) is 2.94. The molecular weight excluding hydrogens is 188 g/mol. The van der Waals surface area contributed by atoms with Crippen LogP contribution in [0.3, 0.4) is 0 Å². The van der Waals surface area contributed by atoms with Crippen LogP contribution in [0.5, 0.6) is 0 Å². The quantitative estimate of drug-likeness (QED) is 0.750. The summed E-state index contributed by atoms with van der Waals surface area (Å²) in [6.45, 7) is 2.52. The van der Waals surface area contributed by atoms with E-state index in [4.69, 9.17) is 5.26 Å². The van der Waals surface area contributed by atoms with Crippen molar-refractivity contribution in [1.29, 1.82) is 5.26 Å². The third-order valence-corrected chi connectivity index (χ3v) is 3.13. The molecule has 0 aliphatic heterocycles. The van der Waals surface area contributed by atoms with Gasteiger partial charge in [-0.05, 0) is 25.8 Å². The lowest BCUT2D eigenvalue weighted by Gasteiger charge is -2.13. The Hall–Kier alpha value is -1.56. The Balaban J connectivity index is 2.22. The lowest BCUT2D eigenvalue weighted by atomic mass is 10.0. The first-order chi connectivity index (χ1) is 7.17. The first kappa shape index (κ1) is 9.97. The number of nitriles is 1. The van der Waals surface area contributed by atoms with Crippen LogP contribution in [0, 0.1) is 23.7 Å². The predicted octanol–water partition coefficient (Wildman–Crippen LogP) is 1.85. The Morgan fingerprint density at radius 3 is 2.93 bits per heavy atom. The van der Waals surface area contributed by atoms with Crippen molar-refractivity contribution >= 4 is 0 Å². The fourth-order valence-electron chi connectivity index (χ4n) is 1.88. The largest absolute Gasteiger partial charge is 0.315 e. The molecule has 0 N–H and O–H groups in total. The maximum atomic E-state index is 11.8. The number of hydrogen-bond acceptors (Lipinski definition) is 2. The third kappa shape index (κ3) is 1.94. The summed E-state index contributed by atoms with van der Waals surface area (Å²) in [7, 11) is 0. The van der Waals surface area contributed by atoms with Crippen LogP contribution in [0.2, 0.25) is 0 Å². The number of aromatic nitrogens is 1. The summed E-state index contributed by atoms with van der Waals surface area (Å²) >= 11 is 0. The van der Waals surface area contributed by atoms with Crippen LogP contribution < -0.4 is 5.56 Å². The molecular formula is C12H14N2O. The molecule has 0 unspecified atom stereocenters. The van der Waals surface area contributed by atoms with Crippen LogP contribution in [0.4, 0.5) is 0 Å². The zero-order valence-corrected chi connectivity index (χ0v) is 8.86. The molecule has 1 saturated carbocycles. The van der Waals surface area contributed by atoms with E-state index in [1.165, 1.54) is 0 Å². The lowest BCUT2D eigenvalue weighted by molar-refractivity contribution is 0.423. The number of pyridine rings is 1. The number of rotatable bonds is 3. The second kappa shape index (κ2) is 3.54. The van der Waals surface area contributed by atoms with Crippen molar-refractivity contribution in [1.82, 2.24) is 4.57 Å². The monoisotopic (exact) mass is 202 g/mol. The van der Waals surface area contributed by atoms with Crippen molar-refractivity contribution < 1.29 is 0 Å². The fourth-order valence-corrected chi connectivity index (χ4v) is 1.88. The standard InChI is InChI=1S/C12H14N2O/c1-10-3-2-8-14(11(10)15)9-12(4-5-12)6-7-13/h2-3,8H,4-6,9H2,1H3. The topological polar surface area (TPSA) is 45.8 Å². The van der Waals surface area contributed by atoms with E-state index in [0.29, 0.717) is 13.0 Å². The summed E-state index contributed by atoms with van der Waals surface area (Å²) in [5.41, 5.74) is 0.929. The van der Waals surface area contributed by atoms with Crippen molar-refractivity contribution in [3.8, 4) is 6.07 Å². The van der Waals surface area contributed by atoms with Gasteiger partial charge in [0.25, 0.3) is 5.56 Å². The van der Waals surface area contributed by atoms with E-state index in [1.807, 2.05) is 25.3 Å². The molecule has 0 aromatic carbocycles. The highest BCUT2D eigenvalue weighted by atomic mass is 16.1. The SMILES string of the molecule is Cc1cccn(CC2(CC#N)CC2)c1=O. The molecule has 1 aromatic heterocycles. The van der Waals surface area contributed by atoms with Gasteiger partial charge < -0.3 is 4.57 Å². The van der Waals surface area contributed by atoms with Gasteiger partial charge in [-0.3, -0.25) is 4.79 Å². The molecule has 0 amide bonds. The molecule has 0 bridgehead atoms. The summed E-state index contributed by atoms with van der Waals surface area (Å²) in [4.78, 5) is 11.8. The van der Waals surface area contributed by atoms with Gasteiger partial charge in [-0.15, -0.1) is 0 Å². The van der Waals surface area contributed by atoms with E-state index in [0.717, 1.165) is 18.4 Å². The Morgan fingerprint density at radius 1 is 1.60 bits per heavy atom. The van der Waals surface area contributed by atoms with E-state index in [-0.39, 0.29) is 11.0 Å². The first-order valence-electron chi connectivity index (χ1n) is 5.20. The highest BCUT2D eigenvalue weighted by Gasteiger charge is 2.42. The Labute approximate surface area is 89.0 Å². The van der Waals surface area contributed by atoms with Crippen molar-refractivity contribution in [3.63, 3.8) is 0 Å². The van der Waals surface area contributed by atoms with Crippen LogP contribution in [0.1, 0.15) is 24.8 Å². The van der Waals surface area contributed by atoms with E-state index in [9.17, 15) is 4.79 Å². The smallest absolute Gasteiger partial charge is 0.253 e. The van der Waals surface area contributed by atoms with E-state index in [1.54, 1.807) is 4.57 Å². The lowest BCUT2D eigenvalue weighted by Crippen LogP contribution is -2.25. The minimum atomic E-state index is 0.0710. The summed E-state index contributed by atoms with van der Waals surface area (Å²) < 4.78 is 1.74. The Morgan fingerprint density at radius 2 is 2.33 bits per heavy atom. The zero-order chi connectivity index (χ0) is 10.9. The molecule has 1 fully saturated rings. The molecule has 1 aliphatic rings. The van der Waals surface area contributed by atoms with E-state index >= 15 is 0 Å². The third-order valence-electron chi connectivity index (χ3n) is 3.13. The van der Waals surface area contributed by atoms with Gasteiger partial charge in [0.2, 0.25) is 0 Å². The second-order valence-electron chi connectivity index (χ2n) is 4.46. The Bertz CT molecular complexity index is 463. The first-order valence-corrected chi connectivity index (χ1v) is 5.20. The fraction of sp³-hybridized carbons (Fsp3) is 0.500. The summed E-state index contributed by atoms with van der Waals surface area (Å²) in [5.74, 6) is 0. The zero-order valence-electron chi connectivity index (χ0n) is 8.86. The molecule has 1 aliphatic carbocycles. The Kier molecular flexibility index (Phi) is 2.36. The van der Waals surface area contributed by atoms with Crippen LogP contribution in [0.25, 0.3) is 0 Å². The maximum Gasteiger partial charge on any atom is 0.253 e. The maximum absolute atomic E-state index is 11.8. The van der Waals surface area contributed by atoms with E-state index in [2.05, 4.69) is 6.07 Å². The second-order valence-corrected chi connectivity index (χ2v) is 4.46. The molecule has 3 nitrogen and oxygen atoms in total. The average molecular weight is 202 g/mol. The predicted molar refractivity (Wildman–Crippen MR) is 57.3 cm³/mol. The summed E-state index contributed by atoms with van der Waals surface area (Å²) in [6, 6.07) is 5.92. The van der Waals surface area contributed by atoms with Crippen LogP contribution in [0.15, 0.2) is 23.1 Å². The minimum absolute atomic E-state index is 0.0710. The molecule has 15 heavy (non-hydrogen) atoms. The molecule has 0 spiro atoms. The molecule has 1 heterocycles. The number of aryl methyl sites for hydroxylation is 1. The summed E-state index contributed by atoms with van der Waals surface area (Å²) in [6.07, 6.45) is 4.52. The van der Waals surface area contributed by atoms with Gasteiger partial charge in [0.15, 0.2) is 0 Å². The van der Waals surface area contributed by atoms with Gasteiger partial charge >= 0.3 is 0 Å². The molecule has 0 saturated heterocycles. The summed E-state index contributed by atoms with van der Waals surface area (Å²) in [5, 5.41) is 8.71. The van der Waals surface area contributed by atoms with Gasteiger partial charge in [0, 0.05) is 30.1 Å². The minimum Gasteiger partial charge on any atom is -0.315 e. The van der Waals surface area contributed by atoms with Gasteiger partial charge in [0.05, 0.1) is 6.07 Å². The van der Waals surface area contributed by atoms with Crippen molar-refractivity contribution in [2.45, 2.75) is 32.7 Å². The van der Waals surface area contributed by atoms with Gasteiger partial charge in [-0.25, -0.2) is 0 Å². The molecule has 3 heteroatoms. The molecule has 2 rings (SSSR count). The van der Waals surface area contributed by atoms with Crippen LogP contribution in [-0.4, -0.2) is 4.57 Å². The van der Waals surface area contributed by atoms with Crippen molar-refractivity contribution in [2.75, 3.05) is 0 Å². The van der Waals surface area contributed by atoms with Crippen molar-refractivity contribution in [3.05, 3.63) is 34.2 Å². The number of nitrogens with zero attached hydrogens (tertiary/aromatic N) is 2. The normalized spacial score (nSPS) is 17.1. The van der Waals surface area contributed by atoms with Crippen LogP contribution in [-0.2, 0) is 6.54 Å². The molecule has 1 aromatic rings. The molecule has 0 atom stereocenters. The molecule has 78 valence electrons. The highest BCUT2D eigenvalue weighted by molar-refractivity contribution is 5.09. The number of hydrogen-bond donors (Lipinski definition) is 0. The highest BCUT2D eigenvalue weighted by Crippen LogP contribution is 2.49. The van der Waals surface area contributed by atoms with Gasteiger partial charge in [0.1, 0.15) is 0 Å². The molecule has 0 radical (unpaired) electrons. The van der Waals surface area contributed by atoms with Crippen LogP contribution >= 0.6 is 0 Å². The van der Waals surface area contributed by atoms with E-state index < -0.39 is 0 Å².